The van der Waals surface area contributed by atoms with Gasteiger partial charge in [-0.15, -0.1) is 0 Å². The van der Waals surface area contributed by atoms with Crippen molar-refractivity contribution in [3.63, 3.8) is 0 Å². The Morgan fingerprint density at radius 3 is 2.95 bits per heavy atom. The van der Waals surface area contributed by atoms with Crippen molar-refractivity contribution in [1.29, 1.82) is 0 Å². The number of fused-ring (bicyclic) bond motifs is 1. The second-order valence-corrected chi connectivity index (χ2v) is 6.63. The second kappa shape index (κ2) is 7.28. The van der Waals surface area contributed by atoms with Gasteiger partial charge >= 0.3 is 0 Å². The molecule has 1 aliphatic heterocycles. The predicted octanol–water partition coefficient (Wildman–Crippen LogP) is 3.49. The van der Waals surface area contributed by atoms with E-state index in [-0.39, 0.29) is 0 Å². The van der Waals surface area contributed by atoms with Crippen LogP contribution in [0, 0.1) is 6.92 Å². The van der Waals surface area contributed by atoms with Gasteiger partial charge < -0.3 is 9.64 Å². The van der Waals surface area contributed by atoms with E-state index in [9.17, 15) is 4.79 Å². The monoisotopic (exact) mass is 301 g/mol. The summed E-state index contributed by atoms with van der Waals surface area (Å²) in [5.41, 5.74) is 2.70. The van der Waals surface area contributed by atoms with Crippen molar-refractivity contribution in [2.24, 2.45) is 0 Å². The minimum atomic E-state index is 0.294. The van der Waals surface area contributed by atoms with Crippen LogP contribution in [0.3, 0.4) is 0 Å². The van der Waals surface area contributed by atoms with Crippen molar-refractivity contribution in [2.75, 3.05) is 13.2 Å². The minimum absolute atomic E-state index is 0.294. The van der Waals surface area contributed by atoms with Crippen LogP contribution in [-0.4, -0.2) is 36.1 Å². The zero-order valence-corrected chi connectivity index (χ0v) is 13.6. The molecule has 120 valence electrons. The molecule has 2 aliphatic rings. The van der Waals surface area contributed by atoms with Gasteiger partial charge in [0.05, 0.1) is 18.8 Å². The fourth-order valence-corrected chi connectivity index (χ4v) is 3.87. The van der Waals surface area contributed by atoms with Gasteiger partial charge in [-0.25, -0.2) is 0 Å². The average molecular weight is 301 g/mol. The van der Waals surface area contributed by atoms with E-state index >= 15 is 0 Å². The Morgan fingerprint density at radius 1 is 1.27 bits per heavy atom. The molecule has 1 amide bonds. The third-order valence-corrected chi connectivity index (χ3v) is 5.15. The third kappa shape index (κ3) is 3.52. The molecule has 0 radical (unpaired) electrons. The molecule has 1 saturated carbocycles. The minimum Gasteiger partial charge on any atom is -0.374 e. The molecule has 3 rings (SSSR count). The Kier molecular flexibility index (Phi) is 5.14. The summed E-state index contributed by atoms with van der Waals surface area (Å²) in [5.74, 6) is 0.328. The largest absolute Gasteiger partial charge is 0.374 e. The first-order valence-corrected chi connectivity index (χ1v) is 8.71. The molecule has 2 atom stereocenters. The summed E-state index contributed by atoms with van der Waals surface area (Å²) in [6.45, 7) is 3.64. The molecule has 1 aromatic rings. The molecule has 1 heterocycles. The van der Waals surface area contributed by atoms with E-state index in [0.29, 0.717) is 31.1 Å². The highest BCUT2D eigenvalue weighted by Crippen LogP contribution is 2.29. The van der Waals surface area contributed by atoms with Crippen LogP contribution in [-0.2, 0) is 16.0 Å². The van der Waals surface area contributed by atoms with E-state index in [1.54, 1.807) is 0 Å². The number of nitrogens with zero attached hydrogens (tertiary/aromatic N) is 1. The Bertz CT molecular complexity index is 512. The summed E-state index contributed by atoms with van der Waals surface area (Å²) in [6, 6.07) is 8.81. The van der Waals surface area contributed by atoms with Gasteiger partial charge in [-0.3, -0.25) is 4.79 Å². The van der Waals surface area contributed by atoms with Gasteiger partial charge in [-0.1, -0.05) is 37.1 Å². The first kappa shape index (κ1) is 15.5. The Morgan fingerprint density at radius 2 is 2.09 bits per heavy atom. The number of carbonyl (C=O) groups is 1. The number of benzene rings is 1. The van der Waals surface area contributed by atoms with Gasteiger partial charge in [0, 0.05) is 13.0 Å². The van der Waals surface area contributed by atoms with Crippen molar-refractivity contribution >= 4 is 5.91 Å². The maximum absolute atomic E-state index is 12.6. The summed E-state index contributed by atoms with van der Waals surface area (Å²) >= 11 is 0. The number of hydrogen-bond acceptors (Lipinski definition) is 2. The molecular formula is C19H27NO2. The van der Waals surface area contributed by atoms with E-state index in [1.807, 2.05) is 0 Å². The maximum Gasteiger partial charge on any atom is 0.222 e. The molecule has 0 bridgehead atoms. The molecule has 3 heteroatoms. The molecule has 22 heavy (non-hydrogen) atoms. The van der Waals surface area contributed by atoms with E-state index in [0.717, 1.165) is 32.2 Å². The standard InChI is InChI=1S/C19H27NO2/c1-15-7-2-3-8-16(15)9-6-12-19(21)20-13-14-22-18-11-5-4-10-17(18)20/h2-3,7-8,17-18H,4-6,9-14H2,1H3. The van der Waals surface area contributed by atoms with Crippen molar-refractivity contribution < 1.29 is 9.53 Å². The summed E-state index contributed by atoms with van der Waals surface area (Å²) in [6.07, 6.45) is 7.62. The number of morpholine rings is 1. The molecule has 1 saturated heterocycles. The number of hydrogen-bond donors (Lipinski definition) is 0. The van der Waals surface area contributed by atoms with Gasteiger partial charge in [0.1, 0.15) is 0 Å². The van der Waals surface area contributed by atoms with E-state index in [4.69, 9.17) is 4.74 Å². The Balaban J connectivity index is 1.52. The molecule has 0 spiro atoms. The molecule has 2 fully saturated rings. The molecule has 1 aliphatic carbocycles. The highest BCUT2D eigenvalue weighted by molar-refractivity contribution is 5.76. The summed E-state index contributed by atoms with van der Waals surface area (Å²) in [5, 5.41) is 0. The summed E-state index contributed by atoms with van der Waals surface area (Å²) in [7, 11) is 0. The average Bonchev–Trinajstić information content (AvgIpc) is 2.56. The van der Waals surface area contributed by atoms with Crippen LogP contribution in [0.15, 0.2) is 24.3 Å². The first-order chi connectivity index (χ1) is 10.8. The lowest BCUT2D eigenvalue weighted by Crippen LogP contribution is -2.54. The Hall–Kier alpha value is -1.35. The molecule has 3 nitrogen and oxygen atoms in total. The molecule has 2 unspecified atom stereocenters. The van der Waals surface area contributed by atoms with Crippen LogP contribution in [0.4, 0.5) is 0 Å². The number of rotatable bonds is 4. The van der Waals surface area contributed by atoms with Crippen LogP contribution in [0.5, 0.6) is 0 Å². The van der Waals surface area contributed by atoms with Crippen molar-refractivity contribution in [1.82, 2.24) is 4.90 Å². The molecule has 0 aromatic heterocycles. The second-order valence-electron chi connectivity index (χ2n) is 6.63. The smallest absolute Gasteiger partial charge is 0.222 e. The number of aryl methyl sites for hydroxylation is 2. The van der Waals surface area contributed by atoms with Crippen molar-refractivity contribution in [3.05, 3.63) is 35.4 Å². The first-order valence-electron chi connectivity index (χ1n) is 8.71. The van der Waals surface area contributed by atoms with Gasteiger partial charge in [-0.2, -0.15) is 0 Å². The molecule has 1 aromatic carbocycles. The van der Waals surface area contributed by atoms with E-state index < -0.39 is 0 Å². The zero-order chi connectivity index (χ0) is 15.4. The van der Waals surface area contributed by atoms with Crippen molar-refractivity contribution in [2.45, 2.75) is 64.0 Å². The van der Waals surface area contributed by atoms with Gasteiger partial charge in [0.2, 0.25) is 5.91 Å². The highest BCUT2D eigenvalue weighted by atomic mass is 16.5. The Labute approximate surface area is 133 Å². The SMILES string of the molecule is Cc1ccccc1CCCC(=O)N1CCOC2CCCCC21. The highest BCUT2D eigenvalue weighted by Gasteiger charge is 2.36. The zero-order valence-electron chi connectivity index (χ0n) is 13.6. The lowest BCUT2D eigenvalue weighted by Gasteiger charge is -2.43. The molecular weight excluding hydrogens is 274 g/mol. The normalized spacial score (nSPS) is 24.9. The van der Waals surface area contributed by atoms with E-state index in [2.05, 4.69) is 36.1 Å². The van der Waals surface area contributed by atoms with Crippen LogP contribution < -0.4 is 0 Å². The van der Waals surface area contributed by atoms with Crippen molar-refractivity contribution in [3.8, 4) is 0 Å². The quantitative estimate of drug-likeness (QED) is 0.852. The summed E-state index contributed by atoms with van der Waals surface area (Å²) < 4.78 is 5.86. The number of ether oxygens (including phenoxy) is 1. The van der Waals surface area contributed by atoms with E-state index in [1.165, 1.54) is 24.0 Å². The van der Waals surface area contributed by atoms with Crippen LogP contribution in [0.2, 0.25) is 0 Å². The van der Waals surface area contributed by atoms with Gasteiger partial charge in [-0.05, 0) is 43.7 Å². The fraction of sp³-hybridized carbons (Fsp3) is 0.632. The third-order valence-electron chi connectivity index (χ3n) is 5.15. The van der Waals surface area contributed by atoms with Gasteiger partial charge in [0.25, 0.3) is 0 Å². The van der Waals surface area contributed by atoms with Gasteiger partial charge in [0.15, 0.2) is 0 Å². The lowest BCUT2D eigenvalue weighted by molar-refractivity contribution is -0.149. The number of amides is 1. The van der Waals surface area contributed by atoms with Crippen LogP contribution in [0.1, 0.15) is 49.7 Å². The fourth-order valence-electron chi connectivity index (χ4n) is 3.87. The lowest BCUT2D eigenvalue weighted by atomic mass is 9.90. The maximum atomic E-state index is 12.6. The van der Waals surface area contributed by atoms with Crippen LogP contribution in [0.25, 0.3) is 0 Å². The molecule has 0 N–H and O–H groups in total. The van der Waals surface area contributed by atoms with Crippen LogP contribution >= 0.6 is 0 Å². The number of carbonyl (C=O) groups excluding carboxylic acids is 1. The predicted molar refractivity (Wildman–Crippen MR) is 87.8 cm³/mol. The topological polar surface area (TPSA) is 29.5 Å². The summed E-state index contributed by atoms with van der Waals surface area (Å²) in [4.78, 5) is 14.7.